The van der Waals surface area contributed by atoms with Crippen LogP contribution in [-0.4, -0.2) is 48.7 Å². The van der Waals surface area contributed by atoms with E-state index in [2.05, 4.69) is 55.1 Å². The Bertz CT molecular complexity index is 393. The van der Waals surface area contributed by atoms with Gasteiger partial charge in [0, 0.05) is 25.6 Å². The van der Waals surface area contributed by atoms with Crippen molar-refractivity contribution in [3.63, 3.8) is 0 Å². The highest BCUT2D eigenvalue weighted by molar-refractivity contribution is 5.38. The molecule has 0 aliphatic carbocycles. The van der Waals surface area contributed by atoms with Gasteiger partial charge in [0.05, 0.1) is 6.61 Å². The summed E-state index contributed by atoms with van der Waals surface area (Å²) >= 11 is 0. The molecule has 0 atom stereocenters. The van der Waals surface area contributed by atoms with Gasteiger partial charge in [0.15, 0.2) is 0 Å². The van der Waals surface area contributed by atoms with Crippen LogP contribution in [0, 0.1) is 5.92 Å². The van der Waals surface area contributed by atoms with Crippen molar-refractivity contribution >= 4 is 5.82 Å². The highest BCUT2D eigenvalue weighted by atomic mass is 16.5. The second-order valence-corrected chi connectivity index (χ2v) is 5.69. The summed E-state index contributed by atoms with van der Waals surface area (Å²) in [7, 11) is 4.11. The minimum Gasteiger partial charge on any atom is -0.477 e. The molecule has 1 aromatic heterocycles. The largest absolute Gasteiger partial charge is 0.477 e. The molecular formula is C15H28N4O. The number of hydrogen-bond acceptors (Lipinski definition) is 5. The van der Waals surface area contributed by atoms with Crippen molar-refractivity contribution in [1.29, 1.82) is 0 Å². The summed E-state index contributed by atoms with van der Waals surface area (Å²) in [5.41, 5.74) is 0. The summed E-state index contributed by atoms with van der Waals surface area (Å²) in [5.74, 6) is 2.86. The average molecular weight is 280 g/mol. The lowest BCUT2D eigenvalue weighted by Crippen LogP contribution is -2.21. The topological polar surface area (TPSA) is 50.3 Å². The fourth-order valence-corrected chi connectivity index (χ4v) is 1.63. The number of aryl methyl sites for hydroxylation is 1. The number of ether oxygens (including phenoxy) is 1. The molecule has 0 bridgehead atoms. The van der Waals surface area contributed by atoms with Crippen molar-refractivity contribution in [2.24, 2.45) is 5.92 Å². The molecule has 114 valence electrons. The van der Waals surface area contributed by atoms with Gasteiger partial charge in [-0.1, -0.05) is 20.8 Å². The highest BCUT2D eigenvalue weighted by Crippen LogP contribution is 2.15. The van der Waals surface area contributed by atoms with E-state index in [1.165, 1.54) is 0 Å². The predicted octanol–water partition coefficient (Wildman–Crippen LogP) is 2.44. The monoisotopic (exact) mass is 280 g/mol. The maximum Gasteiger partial charge on any atom is 0.218 e. The number of anilines is 1. The first-order valence-corrected chi connectivity index (χ1v) is 7.40. The van der Waals surface area contributed by atoms with E-state index in [0.717, 1.165) is 37.6 Å². The first kappa shape index (κ1) is 16.7. The second kappa shape index (κ2) is 8.74. The molecule has 1 aromatic rings. The van der Waals surface area contributed by atoms with Crippen LogP contribution < -0.4 is 10.1 Å². The molecule has 0 saturated heterocycles. The Kier molecular flexibility index (Phi) is 7.30. The maximum atomic E-state index is 5.72. The SMILES string of the molecule is CCCc1nc(NCCN(C)C)cc(OCC(C)C)n1. The van der Waals surface area contributed by atoms with Crippen LogP contribution in [0.2, 0.25) is 0 Å². The molecule has 0 aliphatic heterocycles. The van der Waals surface area contributed by atoms with Crippen LogP contribution in [0.1, 0.15) is 33.0 Å². The van der Waals surface area contributed by atoms with Crippen LogP contribution in [0.25, 0.3) is 0 Å². The van der Waals surface area contributed by atoms with Gasteiger partial charge in [-0.05, 0) is 26.4 Å². The number of hydrogen-bond donors (Lipinski definition) is 1. The van der Waals surface area contributed by atoms with Gasteiger partial charge < -0.3 is 15.0 Å². The Morgan fingerprint density at radius 2 is 2.05 bits per heavy atom. The Balaban J connectivity index is 2.70. The normalized spacial score (nSPS) is 11.2. The van der Waals surface area contributed by atoms with Gasteiger partial charge in [0.1, 0.15) is 11.6 Å². The summed E-state index contributed by atoms with van der Waals surface area (Å²) < 4.78 is 5.72. The molecule has 0 amide bonds. The lowest BCUT2D eigenvalue weighted by molar-refractivity contribution is 0.260. The Hall–Kier alpha value is -1.36. The van der Waals surface area contributed by atoms with Crippen LogP contribution >= 0.6 is 0 Å². The first-order chi connectivity index (χ1) is 9.51. The Labute approximate surface area is 122 Å². The lowest BCUT2D eigenvalue weighted by atomic mass is 10.2. The van der Waals surface area contributed by atoms with Crippen molar-refractivity contribution in [1.82, 2.24) is 14.9 Å². The summed E-state index contributed by atoms with van der Waals surface area (Å²) in [4.78, 5) is 11.1. The van der Waals surface area contributed by atoms with Gasteiger partial charge in [-0.3, -0.25) is 0 Å². The zero-order valence-electron chi connectivity index (χ0n) is 13.4. The summed E-state index contributed by atoms with van der Waals surface area (Å²) in [6.07, 6.45) is 1.91. The molecule has 1 rings (SSSR count). The maximum absolute atomic E-state index is 5.72. The molecule has 5 nitrogen and oxygen atoms in total. The van der Waals surface area contributed by atoms with E-state index in [1.54, 1.807) is 0 Å². The molecule has 5 heteroatoms. The standard InChI is InChI=1S/C15H28N4O/c1-6-7-13-17-14(16-8-9-19(4)5)10-15(18-13)20-11-12(2)3/h10,12H,6-9,11H2,1-5H3,(H,16,17,18). The molecule has 0 saturated carbocycles. The second-order valence-electron chi connectivity index (χ2n) is 5.69. The zero-order chi connectivity index (χ0) is 15.0. The van der Waals surface area contributed by atoms with E-state index in [9.17, 15) is 0 Å². The van der Waals surface area contributed by atoms with E-state index >= 15 is 0 Å². The molecule has 1 heterocycles. The fraction of sp³-hybridized carbons (Fsp3) is 0.733. The third kappa shape index (κ3) is 6.70. The van der Waals surface area contributed by atoms with Crippen LogP contribution in [0.5, 0.6) is 5.88 Å². The summed E-state index contributed by atoms with van der Waals surface area (Å²) in [5, 5.41) is 3.33. The third-order valence-corrected chi connectivity index (χ3v) is 2.65. The number of likely N-dealkylation sites (N-methyl/N-ethyl adjacent to an activating group) is 1. The molecule has 0 fully saturated rings. The zero-order valence-corrected chi connectivity index (χ0v) is 13.4. The first-order valence-electron chi connectivity index (χ1n) is 7.40. The number of aromatic nitrogens is 2. The van der Waals surface area contributed by atoms with Gasteiger partial charge in [-0.2, -0.15) is 4.98 Å². The minimum atomic E-state index is 0.491. The van der Waals surface area contributed by atoms with E-state index in [0.29, 0.717) is 18.4 Å². The van der Waals surface area contributed by atoms with Crippen molar-refractivity contribution in [2.45, 2.75) is 33.6 Å². The van der Waals surface area contributed by atoms with Gasteiger partial charge in [0.2, 0.25) is 5.88 Å². The molecule has 20 heavy (non-hydrogen) atoms. The van der Waals surface area contributed by atoms with Crippen molar-refractivity contribution in [3.05, 3.63) is 11.9 Å². The summed E-state index contributed by atoms with van der Waals surface area (Å²) in [6, 6.07) is 1.89. The van der Waals surface area contributed by atoms with Gasteiger partial charge in [-0.25, -0.2) is 4.98 Å². The summed E-state index contributed by atoms with van der Waals surface area (Å²) in [6.45, 7) is 8.90. The molecule has 0 spiro atoms. The number of nitrogens with zero attached hydrogens (tertiary/aromatic N) is 3. The predicted molar refractivity (Wildman–Crippen MR) is 83.4 cm³/mol. The third-order valence-electron chi connectivity index (χ3n) is 2.65. The van der Waals surface area contributed by atoms with Gasteiger partial charge >= 0.3 is 0 Å². The van der Waals surface area contributed by atoms with Crippen LogP contribution in [0.15, 0.2) is 6.07 Å². The number of rotatable bonds is 9. The molecule has 0 unspecified atom stereocenters. The smallest absolute Gasteiger partial charge is 0.218 e. The van der Waals surface area contributed by atoms with Crippen molar-refractivity contribution in [2.75, 3.05) is 39.1 Å². The Morgan fingerprint density at radius 3 is 2.65 bits per heavy atom. The van der Waals surface area contributed by atoms with Crippen molar-refractivity contribution in [3.8, 4) is 5.88 Å². The van der Waals surface area contributed by atoms with Crippen LogP contribution in [-0.2, 0) is 6.42 Å². The molecule has 1 N–H and O–H groups in total. The van der Waals surface area contributed by atoms with Crippen molar-refractivity contribution < 1.29 is 4.74 Å². The van der Waals surface area contributed by atoms with E-state index in [-0.39, 0.29) is 0 Å². The lowest BCUT2D eigenvalue weighted by Gasteiger charge is -2.13. The van der Waals surface area contributed by atoms with Gasteiger partial charge in [-0.15, -0.1) is 0 Å². The van der Waals surface area contributed by atoms with E-state index in [1.807, 2.05) is 6.07 Å². The fourth-order valence-electron chi connectivity index (χ4n) is 1.63. The van der Waals surface area contributed by atoms with Gasteiger partial charge in [0.25, 0.3) is 0 Å². The van der Waals surface area contributed by atoms with E-state index in [4.69, 9.17) is 4.74 Å². The van der Waals surface area contributed by atoms with E-state index < -0.39 is 0 Å². The molecular weight excluding hydrogens is 252 g/mol. The van der Waals surface area contributed by atoms with Crippen LogP contribution in [0.3, 0.4) is 0 Å². The molecule has 0 aliphatic rings. The quantitative estimate of drug-likeness (QED) is 0.753. The minimum absolute atomic E-state index is 0.491. The number of nitrogens with one attached hydrogen (secondary N) is 1. The molecule has 0 aromatic carbocycles. The Morgan fingerprint density at radius 1 is 1.30 bits per heavy atom. The average Bonchev–Trinajstić information content (AvgIpc) is 2.36. The highest BCUT2D eigenvalue weighted by Gasteiger charge is 2.06. The molecule has 0 radical (unpaired) electrons. The van der Waals surface area contributed by atoms with Crippen LogP contribution in [0.4, 0.5) is 5.82 Å².